The van der Waals surface area contributed by atoms with E-state index in [4.69, 9.17) is 0 Å². The molecule has 1 aliphatic heterocycles. The van der Waals surface area contributed by atoms with E-state index in [1.807, 2.05) is 18.2 Å². The molecule has 1 saturated heterocycles. The standard InChI is InChI=1S/C15H19BrN2O/c16-14-4-2-1-3-12(14)10-18(13-5-6-13)15(19)11-7-8-17-9-11/h1-4,11,13,17H,5-10H2. The van der Waals surface area contributed by atoms with Crippen molar-refractivity contribution < 1.29 is 4.79 Å². The summed E-state index contributed by atoms with van der Waals surface area (Å²) >= 11 is 3.58. The van der Waals surface area contributed by atoms with E-state index in [1.54, 1.807) is 0 Å². The quantitative estimate of drug-likeness (QED) is 0.924. The second-order valence-corrected chi connectivity index (χ2v) is 6.33. The summed E-state index contributed by atoms with van der Waals surface area (Å²) in [5.74, 6) is 0.520. The predicted molar refractivity (Wildman–Crippen MR) is 78.7 cm³/mol. The first-order chi connectivity index (χ1) is 9.25. The molecule has 1 heterocycles. The lowest BCUT2D eigenvalue weighted by Crippen LogP contribution is -2.38. The molecule has 0 radical (unpaired) electrons. The summed E-state index contributed by atoms with van der Waals surface area (Å²) in [4.78, 5) is 14.7. The number of hydrogen-bond acceptors (Lipinski definition) is 2. The van der Waals surface area contributed by atoms with Crippen LogP contribution < -0.4 is 5.32 Å². The fourth-order valence-corrected chi connectivity index (χ4v) is 3.09. The predicted octanol–water partition coefficient (Wildman–Crippen LogP) is 2.55. The number of nitrogens with one attached hydrogen (secondary N) is 1. The zero-order valence-electron chi connectivity index (χ0n) is 10.9. The maximum absolute atomic E-state index is 12.6. The van der Waals surface area contributed by atoms with Crippen LogP contribution in [0.4, 0.5) is 0 Å². The van der Waals surface area contributed by atoms with Gasteiger partial charge in [0.15, 0.2) is 0 Å². The minimum Gasteiger partial charge on any atom is -0.335 e. The molecule has 1 aromatic carbocycles. The first kappa shape index (κ1) is 13.1. The first-order valence-corrected chi connectivity index (χ1v) is 7.79. The third-order valence-corrected chi connectivity index (χ3v) is 4.75. The van der Waals surface area contributed by atoms with Gasteiger partial charge < -0.3 is 10.2 Å². The molecule has 2 aliphatic rings. The van der Waals surface area contributed by atoms with Gasteiger partial charge in [0.2, 0.25) is 5.91 Å². The average Bonchev–Trinajstić information content (AvgIpc) is 3.11. The van der Waals surface area contributed by atoms with Gasteiger partial charge in [0.25, 0.3) is 0 Å². The van der Waals surface area contributed by atoms with Crippen molar-refractivity contribution in [2.24, 2.45) is 5.92 Å². The molecule has 1 N–H and O–H groups in total. The fourth-order valence-electron chi connectivity index (χ4n) is 2.68. The Labute approximate surface area is 122 Å². The molecule has 0 aromatic heterocycles. The largest absolute Gasteiger partial charge is 0.335 e. The fraction of sp³-hybridized carbons (Fsp3) is 0.533. The van der Waals surface area contributed by atoms with Crippen molar-refractivity contribution in [2.45, 2.75) is 31.8 Å². The Morgan fingerprint density at radius 1 is 1.32 bits per heavy atom. The Morgan fingerprint density at radius 3 is 2.74 bits per heavy atom. The molecule has 102 valence electrons. The summed E-state index contributed by atoms with van der Waals surface area (Å²) in [5, 5.41) is 3.29. The monoisotopic (exact) mass is 322 g/mol. The Balaban J connectivity index is 1.74. The zero-order chi connectivity index (χ0) is 13.2. The SMILES string of the molecule is O=C(C1CCNC1)N(Cc1ccccc1Br)C1CC1. The van der Waals surface area contributed by atoms with Gasteiger partial charge in [-0.1, -0.05) is 34.1 Å². The number of rotatable bonds is 4. The number of nitrogens with zero attached hydrogens (tertiary/aromatic N) is 1. The van der Waals surface area contributed by atoms with Gasteiger partial charge in [-0.05, 0) is 37.4 Å². The molecule has 4 heteroatoms. The molecule has 0 spiro atoms. The Hall–Kier alpha value is -0.870. The van der Waals surface area contributed by atoms with Crippen LogP contribution >= 0.6 is 15.9 Å². The van der Waals surface area contributed by atoms with E-state index in [0.29, 0.717) is 11.9 Å². The molecule has 2 fully saturated rings. The first-order valence-electron chi connectivity index (χ1n) is 7.00. The molecule has 3 nitrogen and oxygen atoms in total. The molecule has 1 atom stereocenters. The maximum atomic E-state index is 12.6. The summed E-state index contributed by atoms with van der Waals surface area (Å²) in [7, 11) is 0. The van der Waals surface area contributed by atoms with E-state index in [-0.39, 0.29) is 5.92 Å². The van der Waals surface area contributed by atoms with Crippen molar-refractivity contribution in [3.05, 3.63) is 34.3 Å². The van der Waals surface area contributed by atoms with E-state index in [0.717, 1.165) is 43.4 Å². The third kappa shape index (κ3) is 3.00. The van der Waals surface area contributed by atoms with Crippen molar-refractivity contribution in [1.29, 1.82) is 0 Å². The van der Waals surface area contributed by atoms with E-state index in [2.05, 4.69) is 32.2 Å². The minimum absolute atomic E-state index is 0.183. The zero-order valence-corrected chi connectivity index (χ0v) is 12.5. The smallest absolute Gasteiger partial charge is 0.227 e. The second kappa shape index (κ2) is 5.63. The van der Waals surface area contributed by atoms with Gasteiger partial charge in [0.1, 0.15) is 0 Å². The van der Waals surface area contributed by atoms with Crippen LogP contribution in [0.5, 0.6) is 0 Å². The second-order valence-electron chi connectivity index (χ2n) is 5.48. The number of halogens is 1. The molecule has 3 rings (SSSR count). The molecular formula is C15H19BrN2O. The van der Waals surface area contributed by atoms with Crippen LogP contribution in [0, 0.1) is 5.92 Å². The van der Waals surface area contributed by atoms with Gasteiger partial charge in [-0.2, -0.15) is 0 Å². The van der Waals surface area contributed by atoms with Crippen LogP contribution in [-0.4, -0.2) is 29.9 Å². The molecule has 1 unspecified atom stereocenters. The van der Waals surface area contributed by atoms with Gasteiger partial charge in [-0.15, -0.1) is 0 Å². The van der Waals surface area contributed by atoms with Crippen molar-refractivity contribution in [2.75, 3.05) is 13.1 Å². The van der Waals surface area contributed by atoms with Gasteiger partial charge in [-0.25, -0.2) is 0 Å². The molecule has 1 aliphatic carbocycles. The maximum Gasteiger partial charge on any atom is 0.227 e. The van der Waals surface area contributed by atoms with Crippen molar-refractivity contribution in [3.8, 4) is 0 Å². The number of benzene rings is 1. The normalized spacial score (nSPS) is 22.5. The summed E-state index contributed by atoms with van der Waals surface area (Å²) in [6, 6.07) is 8.66. The lowest BCUT2D eigenvalue weighted by Gasteiger charge is -2.26. The van der Waals surface area contributed by atoms with Crippen LogP contribution in [0.1, 0.15) is 24.8 Å². The lowest BCUT2D eigenvalue weighted by atomic mass is 10.1. The number of carbonyl (C=O) groups excluding carboxylic acids is 1. The molecule has 1 amide bonds. The third-order valence-electron chi connectivity index (χ3n) is 3.98. The van der Waals surface area contributed by atoms with Gasteiger partial charge in [-0.3, -0.25) is 4.79 Å². The van der Waals surface area contributed by atoms with Crippen LogP contribution in [0.25, 0.3) is 0 Å². The summed E-state index contributed by atoms with van der Waals surface area (Å²) < 4.78 is 1.10. The lowest BCUT2D eigenvalue weighted by molar-refractivity contribution is -0.136. The Kier molecular flexibility index (Phi) is 3.89. The highest BCUT2D eigenvalue weighted by molar-refractivity contribution is 9.10. The van der Waals surface area contributed by atoms with E-state index in [1.165, 1.54) is 5.56 Å². The Bertz CT molecular complexity index is 467. The van der Waals surface area contributed by atoms with Crippen molar-refractivity contribution in [3.63, 3.8) is 0 Å². The van der Waals surface area contributed by atoms with Gasteiger partial charge in [0, 0.05) is 23.6 Å². The van der Waals surface area contributed by atoms with Crippen LogP contribution in [0.3, 0.4) is 0 Å². The van der Waals surface area contributed by atoms with E-state index < -0.39 is 0 Å². The van der Waals surface area contributed by atoms with E-state index >= 15 is 0 Å². The molecule has 1 aromatic rings. The Morgan fingerprint density at radius 2 is 2.11 bits per heavy atom. The van der Waals surface area contributed by atoms with Crippen molar-refractivity contribution >= 4 is 21.8 Å². The topological polar surface area (TPSA) is 32.3 Å². The highest BCUT2D eigenvalue weighted by atomic mass is 79.9. The van der Waals surface area contributed by atoms with Crippen LogP contribution in [0.15, 0.2) is 28.7 Å². The summed E-state index contributed by atoms with van der Waals surface area (Å²) in [6.45, 7) is 2.56. The molecular weight excluding hydrogens is 304 g/mol. The highest BCUT2D eigenvalue weighted by Crippen LogP contribution is 2.31. The molecule has 19 heavy (non-hydrogen) atoms. The highest BCUT2D eigenvalue weighted by Gasteiger charge is 2.36. The number of hydrogen-bond donors (Lipinski definition) is 1. The van der Waals surface area contributed by atoms with Crippen LogP contribution in [0.2, 0.25) is 0 Å². The van der Waals surface area contributed by atoms with Crippen LogP contribution in [-0.2, 0) is 11.3 Å². The van der Waals surface area contributed by atoms with Gasteiger partial charge >= 0.3 is 0 Å². The average molecular weight is 323 g/mol. The minimum atomic E-state index is 0.183. The molecule has 0 bridgehead atoms. The molecule has 1 saturated carbocycles. The van der Waals surface area contributed by atoms with E-state index in [9.17, 15) is 4.79 Å². The number of amides is 1. The summed E-state index contributed by atoms with van der Waals surface area (Å²) in [6.07, 6.45) is 3.31. The van der Waals surface area contributed by atoms with Gasteiger partial charge in [0.05, 0.1) is 5.92 Å². The summed E-state index contributed by atoms with van der Waals surface area (Å²) in [5.41, 5.74) is 1.20. The van der Waals surface area contributed by atoms with Crippen molar-refractivity contribution in [1.82, 2.24) is 10.2 Å². The number of carbonyl (C=O) groups is 1.